The van der Waals surface area contributed by atoms with Gasteiger partial charge < -0.3 is 29.4 Å². The first-order valence-electron chi connectivity index (χ1n) is 13.1. The minimum absolute atomic E-state index is 0.0402. The Bertz CT molecular complexity index is 1550. The van der Waals surface area contributed by atoms with Gasteiger partial charge in [0.1, 0.15) is 28.8 Å². The van der Waals surface area contributed by atoms with Gasteiger partial charge in [-0.15, -0.1) is 13.2 Å². The van der Waals surface area contributed by atoms with Crippen LogP contribution in [0.15, 0.2) is 53.5 Å². The van der Waals surface area contributed by atoms with Crippen molar-refractivity contribution in [2.24, 2.45) is 5.92 Å². The molecule has 2 heterocycles. The van der Waals surface area contributed by atoms with E-state index in [1.165, 1.54) is 24.8 Å². The molecule has 9 nitrogen and oxygen atoms in total. The zero-order valence-corrected chi connectivity index (χ0v) is 23.2. The Labute approximate surface area is 242 Å². The lowest BCUT2D eigenvalue weighted by Gasteiger charge is -2.20. The van der Waals surface area contributed by atoms with Crippen LogP contribution in [0.3, 0.4) is 0 Å². The smallest absolute Gasteiger partial charge is 0.497 e. The largest absolute Gasteiger partial charge is 0.573 e. The van der Waals surface area contributed by atoms with E-state index in [-0.39, 0.29) is 30.1 Å². The van der Waals surface area contributed by atoms with E-state index in [9.17, 15) is 32.7 Å². The standard InChI is InChI=1S/C29H28F5N3O6/c1-15-8-9-36(13-16(2)38)28(41)25(15)37-14-21(24-22(30)10-19(42-3)11-23(24)31)20(27(37)40)12-35-26(39)17-4-6-18(7-5-17)43-29(32,33)34/h4-11,16,20-21,38H,12-14H2,1-3H3,(H,35,39)/t16?,20?,21-/m1/s1. The Morgan fingerprint density at radius 3 is 2.28 bits per heavy atom. The molecule has 1 saturated heterocycles. The highest BCUT2D eigenvalue weighted by Crippen LogP contribution is 2.39. The van der Waals surface area contributed by atoms with Crippen LogP contribution in [0, 0.1) is 24.5 Å². The van der Waals surface area contributed by atoms with Gasteiger partial charge in [-0.3, -0.25) is 14.4 Å². The summed E-state index contributed by atoms with van der Waals surface area (Å²) in [6.07, 6.45) is -4.34. The first-order valence-corrected chi connectivity index (χ1v) is 13.1. The number of aryl methyl sites for hydroxylation is 1. The number of amides is 2. The SMILES string of the molecule is COc1cc(F)c([C@@H]2CN(c3c(C)ccn(CC(C)O)c3=O)C(=O)C2CNC(=O)c2ccc(OC(F)(F)F)cc2)c(F)c1. The fourth-order valence-electron chi connectivity index (χ4n) is 5.07. The molecule has 0 spiro atoms. The number of anilines is 1. The molecule has 2 N–H and O–H groups in total. The fourth-order valence-corrected chi connectivity index (χ4v) is 5.07. The number of alkyl halides is 3. The van der Waals surface area contributed by atoms with E-state index >= 15 is 8.78 Å². The highest BCUT2D eigenvalue weighted by molar-refractivity contribution is 6.00. The number of benzene rings is 2. The summed E-state index contributed by atoms with van der Waals surface area (Å²) >= 11 is 0. The van der Waals surface area contributed by atoms with E-state index < -0.39 is 71.2 Å². The lowest BCUT2D eigenvalue weighted by atomic mass is 9.87. The molecule has 2 unspecified atom stereocenters. The number of carbonyl (C=O) groups excluding carboxylic acids is 2. The number of carbonyl (C=O) groups is 2. The first-order chi connectivity index (χ1) is 20.2. The number of aromatic nitrogens is 1. The Hall–Kier alpha value is -4.46. The van der Waals surface area contributed by atoms with E-state index in [0.717, 1.165) is 41.3 Å². The number of methoxy groups -OCH3 is 1. The summed E-state index contributed by atoms with van der Waals surface area (Å²) in [4.78, 5) is 41.1. The van der Waals surface area contributed by atoms with Crippen molar-refractivity contribution >= 4 is 17.5 Å². The van der Waals surface area contributed by atoms with Gasteiger partial charge in [0.25, 0.3) is 11.5 Å². The molecule has 2 aromatic carbocycles. The summed E-state index contributed by atoms with van der Waals surface area (Å²) in [5.41, 5.74) is -0.742. The van der Waals surface area contributed by atoms with Crippen molar-refractivity contribution in [3.63, 3.8) is 0 Å². The van der Waals surface area contributed by atoms with Crippen molar-refractivity contribution in [2.45, 2.75) is 38.8 Å². The van der Waals surface area contributed by atoms with E-state index in [2.05, 4.69) is 10.1 Å². The second-order valence-corrected chi connectivity index (χ2v) is 10.1. The predicted molar refractivity (Wildman–Crippen MR) is 144 cm³/mol. The summed E-state index contributed by atoms with van der Waals surface area (Å²) in [5, 5.41) is 12.3. The highest BCUT2D eigenvalue weighted by atomic mass is 19.4. The zero-order valence-electron chi connectivity index (χ0n) is 23.2. The van der Waals surface area contributed by atoms with Gasteiger partial charge in [-0.25, -0.2) is 8.78 Å². The second kappa shape index (κ2) is 12.4. The molecule has 1 aliphatic heterocycles. The van der Waals surface area contributed by atoms with Gasteiger partial charge in [0, 0.05) is 48.5 Å². The topological polar surface area (TPSA) is 110 Å². The maximum atomic E-state index is 15.2. The van der Waals surface area contributed by atoms with Crippen molar-refractivity contribution < 1.29 is 46.1 Å². The van der Waals surface area contributed by atoms with Gasteiger partial charge in [-0.2, -0.15) is 0 Å². The van der Waals surface area contributed by atoms with Gasteiger partial charge in [-0.05, 0) is 49.7 Å². The lowest BCUT2D eigenvalue weighted by molar-refractivity contribution is -0.274. The predicted octanol–water partition coefficient (Wildman–Crippen LogP) is 3.90. The fraction of sp³-hybridized carbons (Fsp3) is 0.345. The molecule has 0 radical (unpaired) electrons. The Morgan fingerprint density at radius 2 is 1.72 bits per heavy atom. The molecule has 2 amide bonds. The molecule has 43 heavy (non-hydrogen) atoms. The van der Waals surface area contributed by atoms with Crippen molar-refractivity contribution in [3.8, 4) is 11.5 Å². The first kappa shape index (κ1) is 31.5. The maximum Gasteiger partial charge on any atom is 0.573 e. The molecule has 3 atom stereocenters. The van der Waals surface area contributed by atoms with Gasteiger partial charge in [0.15, 0.2) is 0 Å². The molecule has 3 aromatic rings. The monoisotopic (exact) mass is 609 g/mol. The van der Waals surface area contributed by atoms with Crippen molar-refractivity contribution in [1.29, 1.82) is 0 Å². The summed E-state index contributed by atoms with van der Waals surface area (Å²) < 4.78 is 77.8. The van der Waals surface area contributed by atoms with Crippen LogP contribution >= 0.6 is 0 Å². The molecule has 0 bridgehead atoms. The maximum absolute atomic E-state index is 15.2. The summed E-state index contributed by atoms with van der Waals surface area (Å²) in [7, 11) is 1.23. The Morgan fingerprint density at radius 1 is 1.09 bits per heavy atom. The summed E-state index contributed by atoms with van der Waals surface area (Å²) in [5.74, 6) is -6.49. The quantitative estimate of drug-likeness (QED) is 0.357. The van der Waals surface area contributed by atoms with Crippen molar-refractivity contribution in [1.82, 2.24) is 9.88 Å². The van der Waals surface area contributed by atoms with E-state index in [4.69, 9.17) is 4.74 Å². The molecule has 14 heteroatoms. The number of hydrogen-bond donors (Lipinski definition) is 2. The third-order valence-electron chi connectivity index (χ3n) is 7.01. The van der Waals surface area contributed by atoms with E-state index in [1.807, 2.05) is 0 Å². The van der Waals surface area contributed by atoms with Gasteiger partial charge >= 0.3 is 6.36 Å². The Balaban J connectivity index is 1.67. The van der Waals surface area contributed by atoms with Gasteiger partial charge in [0.05, 0.1) is 25.7 Å². The van der Waals surface area contributed by atoms with Crippen LogP contribution in [0.1, 0.15) is 34.3 Å². The number of halogens is 5. The molecule has 230 valence electrons. The second-order valence-electron chi connectivity index (χ2n) is 10.1. The van der Waals surface area contributed by atoms with Crippen LogP contribution < -0.4 is 25.2 Å². The molecular formula is C29H28F5N3O6. The minimum Gasteiger partial charge on any atom is -0.497 e. The summed E-state index contributed by atoms with van der Waals surface area (Å²) in [6, 6.07) is 7.51. The van der Waals surface area contributed by atoms with Crippen LogP contribution in [-0.4, -0.2) is 54.2 Å². The number of nitrogens with one attached hydrogen (secondary N) is 1. The molecule has 1 aromatic heterocycles. The molecular weight excluding hydrogens is 581 g/mol. The number of pyridine rings is 1. The van der Waals surface area contributed by atoms with Crippen LogP contribution in [-0.2, 0) is 11.3 Å². The van der Waals surface area contributed by atoms with Crippen LogP contribution in [0.5, 0.6) is 11.5 Å². The lowest BCUT2D eigenvalue weighted by Crippen LogP contribution is -2.38. The Kier molecular flexibility index (Phi) is 9.09. The van der Waals surface area contributed by atoms with Crippen molar-refractivity contribution in [3.05, 3.63) is 87.3 Å². The average molecular weight is 610 g/mol. The number of rotatable bonds is 9. The number of hydrogen-bond acceptors (Lipinski definition) is 6. The number of ether oxygens (including phenoxy) is 2. The molecule has 1 aliphatic rings. The molecule has 0 aliphatic carbocycles. The number of aliphatic hydroxyl groups excluding tert-OH is 1. The number of aliphatic hydroxyl groups is 1. The minimum atomic E-state index is -4.92. The average Bonchev–Trinajstić information content (AvgIpc) is 3.22. The highest BCUT2D eigenvalue weighted by Gasteiger charge is 2.45. The van der Waals surface area contributed by atoms with Crippen molar-refractivity contribution in [2.75, 3.05) is 25.1 Å². The van der Waals surface area contributed by atoms with Gasteiger partial charge in [-0.1, -0.05) is 0 Å². The summed E-state index contributed by atoms with van der Waals surface area (Å²) in [6.45, 7) is 2.27. The van der Waals surface area contributed by atoms with Crippen LogP contribution in [0.4, 0.5) is 27.6 Å². The number of nitrogens with zero attached hydrogens (tertiary/aromatic N) is 2. The third-order valence-corrected chi connectivity index (χ3v) is 7.01. The van der Waals surface area contributed by atoms with Crippen LogP contribution in [0.25, 0.3) is 0 Å². The molecule has 4 rings (SSSR count). The third kappa shape index (κ3) is 6.96. The van der Waals surface area contributed by atoms with Gasteiger partial charge in [0.2, 0.25) is 5.91 Å². The zero-order chi connectivity index (χ0) is 31.6. The molecule has 1 fully saturated rings. The van der Waals surface area contributed by atoms with E-state index in [0.29, 0.717) is 5.56 Å². The van der Waals surface area contributed by atoms with E-state index in [1.54, 1.807) is 13.0 Å². The van der Waals surface area contributed by atoms with Crippen LogP contribution in [0.2, 0.25) is 0 Å². The normalized spacial score (nSPS) is 17.6. The molecule has 0 saturated carbocycles.